The van der Waals surface area contributed by atoms with Gasteiger partial charge in [-0.1, -0.05) is 5.10 Å². The van der Waals surface area contributed by atoms with Crippen LogP contribution in [-0.2, 0) is 0 Å². The number of amides is 1. The van der Waals surface area contributed by atoms with E-state index >= 15 is 0 Å². The highest BCUT2D eigenvalue weighted by atomic mass is 16.7. The van der Waals surface area contributed by atoms with Gasteiger partial charge in [-0.25, -0.2) is 0 Å². The average Bonchev–Trinajstić information content (AvgIpc) is 3.33. The van der Waals surface area contributed by atoms with Gasteiger partial charge in [-0.05, 0) is 38.1 Å². The number of benzene rings is 1. The molecule has 0 saturated heterocycles. The Balaban J connectivity index is 1.53. The number of ether oxygens (including phenoxy) is 2. The van der Waals surface area contributed by atoms with Crippen LogP contribution in [0, 0.1) is 0 Å². The second kappa shape index (κ2) is 5.93. The van der Waals surface area contributed by atoms with Gasteiger partial charge in [-0.2, -0.15) is 5.10 Å². The van der Waals surface area contributed by atoms with Crippen LogP contribution in [0.4, 0.5) is 6.01 Å². The molecule has 9 heteroatoms. The minimum atomic E-state index is -0.383. The molecule has 1 aliphatic rings. The molecule has 3 aromatic rings. The standard InChI is InChI=1S/C16H15N5O4/c1-9(2)21-11(5-6-17-21)15-19-20-16(25-15)18-14(22)10-3-4-12-13(7-10)24-8-23-12/h3-7,9H,8H2,1-2H3,(H,18,20,22). The van der Waals surface area contributed by atoms with E-state index in [1.54, 1.807) is 35.1 Å². The van der Waals surface area contributed by atoms with Crippen molar-refractivity contribution in [3.8, 4) is 23.1 Å². The molecular formula is C16H15N5O4. The molecule has 9 nitrogen and oxygen atoms in total. The van der Waals surface area contributed by atoms with Crippen molar-refractivity contribution in [2.24, 2.45) is 0 Å². The van der Waals surface area contributed by atoms with Crippen LogP contribution in [-0.4, -0.2) is 32.7 Å². The molecule has 0 aliphatic carbocycles. The molecule has 3 heterocycles. The van der Waals surface area contributed by atoms with Crippen molar-refractivity contribution in [2.75, 3.05) is 12.1 Å². The molecule has 1 N–H and O–H groups in total. The van der Waals surface area contributed by atoms with Crippen molar-refractivity contribution < 1.29 is 18.7 Å². The summed E-state index contributed by atoms with van der Waals surface area (Å²) in [5.74, 6) is 1.04. The number of nitrogens with one attached hydrogen (secondary N) is 1. The van der Waals surface area contributed by atoms with Gasteiger partial charge in [-0.3, -0.25) is 14.8 Å². The van der Waals surface area contributed by atoms with Crippen LogP contribution >= 0.6 is 0 Å². The van der Waals surface area contributed by atoms with Crippen molar-refractivity contribution in [3.63, 3.8) is 0 Å². The van der Waals surface area contributed by atoms with E-state index in [1.165, 1.54) is 0 Å². The fraction of sp³-hybridized carbons (Fsp3) is 0.250. The van der Waals surface area contributed by atoms with Crippen LogP contribution in [0.5, 0.6) is 11.5 Å². The lowest BCUT2D eigenvalue weighted by molar-refractivity contribution is 0.102. The molecule has 4 rings (SSSR count). The molecule has 2 aromatic heterocycles. The van der Waals surface area contributed by atoms with Gasteiger partial charge in [0, 0.05) is 17.8 Å². The summed E-state index contributed by atoms with van der Waals surface area (Å²) in [5, 5.41) is 14.6. The summed E-state index contributed by atoms with van der Waals surface area (Å²) in [6.07, 6.45) is 1.66. The topological polar surface area (TPSA) is 104 Å². The van der Waals surface area contributed by atoms with Gasteiger partial charge in [-0.15, -0.1) is 5.10 Å². The lowest BCUT2D eigenvalue weighted by atomic mass is 10.2. The highest BCUT2D eigenvalue weighted by molar-refractivity contribution is 6.03. The first-order chi connectivity index (χ1) is 12.1. The lowest BCUT2D eigenvalue weighted by Gasteiger charge is -2.07. The Hall–Kier alpha value is -3.36. The third-order valence-corrected chi connectivity index (χ3v) is 3.66. The molecule has 0 spiro atoms. The van der Waals surface area contributed by atoms with Crippen molar-refractivity contribution >= 4 is 11.9 Å². The van der Waals surface area contributed by atoms with Crippen LogP contribution in [0.15, 0.2) is 34.9 Å². The highest BCUT2D eigenvalue weighted by Gasteiger charge is 2.19. The predicted octanol–water partition coefficient (Wildman–Crippen LogP) is 2.50. The molecule has 1 amide bonds. The third kappa shape index (κ3) is 2.80. The van der Waals surface area contributed by atoms with Gasteiger partial charge < -0.3 is 13.9 Å². The maximum atomic E-state index is 12.3. The summed E-state index contributed by atoms with van der Waals surface area (Å²) in [4.78, 5) is 12.3. The number of carbonyl (C=O) groups excluding carboxylic acids is 1. The quantitative estimate of drug-likeness (QED) is 0.777. The van der Waals surface area contributed by atoms with Crippen molar-refractivity contribution in [3.05, 3.63) is 36.0 Å². The Bertz CT molecular complexity index is 930. The number of fused-ring (bicyclic) bond motifs is 1. The van der Waals surface area contributed by atoms with Gasteiger partial charge >= 0.3 is 6.01 Å². The van der Waals surface area contributed by atoms with Crippen molar-refractivity contribution in [1.82, 2.24) is 20.0 Å². The number of nitrogens with zero attached hydrogens (tertiary/aromatic N) is 4. The molecule has 0 radical (unpaired) electrons. The molecule has 1 aliphatic heterocycles. The molecule has 0 saturated carbocycles. The summed E-state index contributed by atoms with van der Waals surface area (Å²) < 4.78 is 17.8. The number of carbonyl (C=O) groups is 1. The predicted molar refractivity (Wildman–Crippen MR) is 86.4 cm³/mol. The van der Waals surface area contributed by atoms with Crippen molar-refractivity contribution in [2.45, 2.75) is 19.9 Å². The van der Waals surface area contributed by atoms with Crippen LogP contribution in [0.2, 0.25) is 0 Å². The van der Waals surface area contributed by atoms with Crippen LogP contribution < -0.4 is 14.8 Å². The van der Waals surface area contributed by atoms with Gasteiger partial charge in [0.2, 0.25) is 6.79 Å². The molecule has 0 atom stereocenters. The zero-order chi connectivity index (χ0) is 17.4. The Kier molecular flexibility index (Phi) is 3.60. The fourth-order valence-corrected chi connectivity index (χ4v) is 2.48. The summed E-state index contributed by atoms with van der Waals surface area (Å²) in [6.45, 7) is 4.14. The Morgan fingerprint density at radius 1 is 1.20 bits per heavy atom. The van der Waals surface area contributed by atoms with E-state index in [-0.39, 0.29) is 30.6 Å². The molecule has 1 aromatic carbocycles. The second-order valence-corrected chi connectivity index (χ2v) is 5.69. The zero-order valence-corrected chi connectivity index (χ0v) is 13.6. The van der Waals surface area contributed by atoms with Crippen molar-refractivity contribution in [1.29, 1.82) is 0 Å². The molecule has 0 fully saturated rings. The molecule has 0 unspecified atom stereocenters. The van der Waals surface area contributed by atoms with E-state index in [9.17, 15) is 4.79 Å². The van der Waals surface area contributed by atoms with Crippen LogP contribution in [0.25, 0.3) is 11.6 Å². The summed E-state index contributed by atoms with van der Waals surface area (Å²) >= 11 is 0. The second-order valence-electron chi connectivity index (χ2n) is 5.69. The third-order valence-electron chi connectivity index (χ3n) is 3.66. The summed E-state index contributed by atoms with van der Waals surface area (Å²) in [7, 11) is 0. The van der Waals surface area contributed by atoms with E-state index in [1.807, 2.05) is 13.8 Å². The summed E-state index contributed by atoms with van der Waals surface area (Å²) in [5.41, 5.74) is 1.09. The molecule has 128 valence electrons. The largest absolute Gasteiger partial charge is 0.454 e. The highest BCUT2D eigenvalue weighted by Crippen LogP contribution is 2.32. The Labute approximate surface area is 142 Å². The van der Waals surface area contributed by atoms with Gasteiger partial charge in [0.15, 0.2) is 11.5 Å². The summed E-state index contributed by atoms with van der Waals surface area (Å²) in [6, 6.07) is 6.84. The molecule has 0 bridgehead atoms. The first-order valence-electron chi connectivity index (χ1n) is 7.70. The maximum absolute atomic E-state index is 12.3. The normalized spacial score (nSPS) is 12.6. The zero-order valence-electron chi connectivity index (χ0n) is 13.6. The maximum Gasteiger partial charge on any atom is 0.322 e. The minimum absolute atomic E-state index is 0.00849. The first kappa shape index (κ1) is 15.2. The monoisotopic (exact) mass is 341 g/mol. The Morgan fingerprint density at radius 2 is 2.04 bits per heavy atom. The van der Waals surface area contributed by atoms with E-state index in [0.29, 0.717) is 22.8 Å². The number of hydrogen-bond acceptors (Lipinski definition) is 7. The van der Waals surface area contributed by atoms with Gasteiger partial charge in [0.25, 0.3) is 11.8 Å². The molecular weight excluding hydrogens is 326 g/mol. The van der Waals surface area contributed by atoms with E-state index in [4.69, 9.17) is 13.9 Å². The van der Waals surface area contributed by atoms with Crippen LogP contribution in [0.1, 0.15) is 30.2 Å². The SMILES string of the molecule is CC(C)n1nccc1-c1nnc(NC(=O)c2ccc3c(c2)OCO3)o1. The first-order valence-corrected chi connectivity index (χ1v) is 7.70. The number of rotatable bonds is 4. The van der Waals surface area contributed by atoms with Gasteiger partial charge in [0.1, 0.15) is 5.69 Å². The minimum Gasteiger partial charge on any atom is -0.454 e. The van der Waals surface area contributed by atoms with E-state index in [2.05, 4.69) is 20.6 Å². The molecule has 25 heavy (non-hydrogen) atoms. The van der Waals surface area contributed by atoms with Crippen LogP contribution in [0.3, 0.4) is 0 Å². The smallest absolute Gasteiger partial charge is 0.322 e. The van der Waals surface area contributed by atoms with E-state index < -0.39 is 0 Å². The number of anilines is 1. The number of hydrogen-bond donors (Lipinski definition) is 1. The lowest BCUT2D eigenvalue weighted by Crippen LogP contribution is -2.12. The average molecular weight is 341 g/mol. The Morgan fingerprint density at radius 3 is 2.88 bits per heavy atom. The fourth-order valence-electron chi connectivity index (χ4n) is 2.48. The van der Waals surface area contributed by atoms with E-state index in [0.717, 1.165) is 0 Å². The van der Waals surface area contributed by atoms with Gasteiger partial charge in [0.05, 0.1) is 0 Å². The number of aromatic nitrogens is 4.